The van der Waals surface area contributed by atoms with Gasteiger partial charge < -0.3 is 57.3 Å². The number of rotatable bonds is 32. The fraction of sp³-hybridized carbons (Fsp3) is 0.222. The number of carboxylic acids is 3. The molecular formula is C63H59N11O16S3. The Bertz CT molecular complexity index is 3960. The minimum atomic E-state index is -1.75. The molecule has 0 aliphatic heterocycles. The number of carbonyl (C=O) groups excluding carboxylic acids is 4. The average molecular weight is 1320 g/mol. The van der Waals surface area contributed by atoms with Crippen molar-refractivity contribution in [2.45, 2.75) is 111 Å². The van der Waals surface area contributed by atoms with Gasteiger partial charge in [-0.05, 0) is 72.4 Å². The first-order valence-corrected chi connectivity index (χ1v) is 31.1. The Morgan fingerprint density at radius 2 is 0.731 bits per heavy atom. The Balaban J connectivity index is 0.976. The largest absolute Gasteiger partial charge is 0.480 e. The van der Waals surface area contributed by atoms with Gasteiger partial charge in [0.2, 0.25) is 23.6 Å². The summed E-state index contributed by atoms with van der Waals surface area (Å²) in [6, 6.07) is 33.5. The summed E-state index contributed by atoms with van der Waals surface area (Å²) < 4.78 is 0. The van der Waals surface area contributed by atoms with E-state index in [4.69, 9.17) is 5.73 Å². The van der Waals surface area contributed by atoms with Crippen molar-refractivity contribution in [1.29, 1.82) is 0 Å². The zero-order valence-corrected chi connectivity index (χ0v) is 51.4. The maximum atomic E-state index is 14.3. The normalized spacial score (nSPS) is 12.9. The number of carbonyl (C=O) groups is 7. The van der Waals surface area contributed by atoms with Crippen LogP contribution in [0.15, 0.2) is 175 Å². The highest BCUT2D eigenvalue weighted by molar-refractivity contribution is 7.99. The molecule has 4 amide bonds. The molecule has 0 saturated carbocycles. The van der Waals surface area contributed by atoms with Gasteiger partial charge in [-0.3, -0.25) is 49.5 Å². The average Bonchev–Trinajstić information content (AvgIpc) is 1.68. The second-order valence-electron chi connectivity index (χ2n) is 21.5. The van der Waals surface area contributed by atoms with Crippen molar-refractivity contribution in [1.82, 2.24) is 36.2 Å². The zero-order valence-electron chi connectivity index (χ0n) is 49.0. The Kier molecular flexibility index (Phi) is 21.6. The first-order chi connectivity index (χ1) is 44.5. The van der Waals surface area contributed by atoms with Gasteiger partial charge in [-0.25, -0.2) is 14.4 Å². The summed E-state index contributed by atoms with van der Waals surface area (Å²) in [7, 11) is 0. The number of nitrogens with one attached hydrogen (secondary N) is 7. The van der Waals surface area contributed by atoms with Crippen molar-refractivity contribution in [3.8, 4) is 0 Å². The van der Waals surface area contributed by atoms with E-state index in [9.17, 15) is 79.2 Å². The second-order valence-corrected chi connectivity index (χ2v) is 24.8. The molecule has 480 valence electrons. The maximum Gasteiger partial charge on any atom is 0.326 e. The van der Waals surface area contributed by atoms with Crippen LogP contribution in [0.4, 0.5) is 17.1 Å². The number of nitrogens with zero attached hydrogens (tertiary/aromatic N) is 3. The van der Waals surface area contributed by atoms with E-state index < -0.39 is 125 Å². The molecule has 9 aromatic rings. The number of benzene rings is 6. The number of aromatic nitrogens is 3. The van der Waals surface area contributed by atoms with Crippen molar-refractivity contribution >= 4 is 127 Å². The fourth-order valence-corrected chi connectivity index (χ4v) is 13.8. The van der Waals surface area contributed by atoms with E-state index in [2.05, 4.69) is 36.2 Å². The van der Waals surface area contributed by atoms with E-state index >= 15 is 0 Å². The van der Waals surface area contributed by atoms with E-state index in [1.807, 2.05) is 0 Å². The van der Waals surface area contributed by atoms with Gasteiger partial charge in [-0.15, -0.1) is 0 Å². The van der Waals surface area contributed by atoms with Crippen LogP contribution in [0, 0.1) is 30.3 Å². The van der Waals surface area contributed by atoms with Crippen LogP contribution >= 0.6 is 35.3 Å². The first-order valence-electron chi connectivity index (χ1n) is 28.7. The summed E-state index contributed by atoms with van der Waals surface area (Å²) >= 11 is 3.32. The molecule has 0 fully saturated rings. The Morgan fingerprint density at radius 1 is 0.441 bits per heavy atom. The van der Waals surface area contributed by atoms with Crippen LogP contribution in [0.25, 0.3) is 32.7 Å². The molecule has 0 spiro atoms. The first kappa shape index (κ1) is 66.8. The van der Waals surface area contributed by atoms with E-state index in [0.717, 1.165) is 35.3 Å². The van der Waals surface area contributed by atoms with E-state index in [0.29, 0.717) is 79.2 Å². The number of nitro benzene ring substituents is 3. The number of fused-ring (bicyclic) bond motifs is 3. The standard InChI is InChI=1S/C63H59N11O16S3/c64-34-56(78)71-63(25-22-53(75)65-50(60(79)80)31-44-41-16-1-4-19-47(41)68-57(44)91-38-13-7-10-35(28-38)72(85)86,26-23-54(76)66-51(61(81)82)32-45-42-17-2-5-20-48(42)69-58(45)92-39-14-8-11-36(29-39)73(87)88)27-24-55(77)67-52(62(83)84)33-46-43-18-3-6-21-49(43)70-59(46)93-40-15-9-12-37(30-40)74(89)90/h1-21,28-30,50-52,68-70H,22-27,31-34,64H2,(H,65,75)(H,66,76)(H,67,77)(H,71,78)(H,79,80)(H,81,82)(H,83,84). The molecule has 3 atom stereocenters. The molecule has 3 aromatic heterocycles. The van der Waals surface area contributed by atoms with Crippen molar-refractivity contribution < 1.29 is 63.7 Å². The minimum absolute atomic E-state index is 0.177. The number of amides is 4. The number of nitro groups is 3. The van der Waals surface area contributed by atoms with Gasteiger partial charge in [0.15, 0.2) is 0 Å². The lowest BCUT2D eigenvalue weighted by atomic mass is 9.82. The summed E-state index contributed by atoms with van der Waals surface area (Å²) in [6.07, 6.45) is -3.77. The SMILES string of the molecule is NCC(=O)NC(CCC(=O)NC(Cc1c(Sc2cccc([N+](=O)[O-])c2)[nH]c2ccccc12)C(=O)O)(CCC(=O)NC(Cc1c(Sc2cccc([N+](=O)[O-])c2)[nH]c2ccccc12)C(=O)O)CCC(=O)NC(Cc1c(Sc2cccc([N+](=O)[O-])c2)[nH]c2ccccc12)C(=O)O. The minimum Gasteiger partial charge on any atom is -0.480 e. The second kappa shape index (κ2) is 30.0. The molecule has 27 nitrogen and oxygen atoms in total. The number of carboxylic acid groups (broad SMARTS) is 3. The highest BCUT2D eigenvalue weighted by Gasteiger charge is 2.36. The van der Waals surface area contributed by atoms with Gasteiger partial charge in [0.1, 0.15) is 18.1 Å². The van der Waals surface area contributed by atoms with Crippen molar-refractivity contribution in [3.05, 3.63) is 193 Å². The van der Waals surface area contributed by atoms with E-state index in [-0.39, 0.29) is 36.3 Å². The lowest BCUT2D eigenvalue weighted by Gasteiger charge is -2.35. The predicted octanol–water partition coefficient (Wildman–Crippen LogP) is 9.20. The van der Waals surface area contributed by atoms with Crippen molar-refractivity contribution in [2.75, 3.05) is 6.54 Å². The third-order valence-electron chi connectivity index (χ3n) is 15.3. The van der Waals surface area contributed by atoms with E-state index in [1.54, 1.807) is 91.0 Å². The van der Waals surface area contributed by atoms with Crippen LogP contribution in [0.3, 0.4) is 0 Å². The monoisotopic (exact) mass is 1320 g/mol. The van der Waals surface area contributed by atoms with Crippen LogP contribution in [0.1, 0.15) is 55.2 Å². The molecule has 12 N–H and O–H groups in total. The van der Waals surface area contributed by atoms with Crippen LogP contribution in [-0.4, -0.2) is 117 Å². The Morgan fingerprint density at radius 3 is 1.00 bits per heavy atom. The van der Waals surface area contributed by atoms with E-state index in [1.165, 1.54) is 54.6 Å². The quantitative estimate of drug-likeness (QED) is 0.0138. The molecule has 6 aromatic carbocycles. The molecule has 0 bridgehead atoms. The molecule has 0 aliphatic rings. The predicted molar refractivity (Wildman–Crippen MR) is 344 cm³/mol. The number of hydrogen-bond donors (Lipinski definition) is 11. The summed E-state index contributed by atoms with van der Waals surface area (Å²) in [4.78, 5) is 140. The molecular weight excluding hydrogens is 1260 g/mol. The lowest BCUT2D eigenvalue weighted by Crippen LogP contribution is -2.53. The Labute approximate surface area is 539 Å². The summed E-state index contributed by atoms with van der Waals surface area (Å²) in [5.41, 5.74) is 6.76. The molecule has 9 rings (SSSR count). The van der Waals surface area contributed by atoms with Gasteiger partial charge in [0.25, 0.3) is 17.1 Å². The number of aromatic amines is 3. The van der Waals surface area contributed by atoms with Crippen LogP contribution in [-0.2, 0) is 52.8 Å². The lowest BCUT2D eigenvalue weighted by molar-refractivity contribution is -0.385. The topological polar surface area (TPSA) is 431 Å². The number of nitrogens with two attached hydrogens (primary N) is 1. The van der Waals surface area contributed by atoms with Gasteiger partial charge in [0.05, 0.1) is 36.4 Å². The summed E-state index contributed by atoms with van der Waals surface area (Å²) in [6.45, 7) is -0.639. The van der Waals surface area contributed by atoms with Gasteiger partial charge >= 0.3 is 17.9 Å². The fourth-order valence-electron chi connectivity index (χ4n) is 10.7. The molecule has 3 heterocycles. The van der Waals surface area contributed by atoms with Gasteiger partial charge in [-0.1, -0.05) is 108 Å². The summed E-state index contributed by atoms with van der Waals surface area (Å²) in [5, 5.41) is 80.4. The number of H-pyrrole nitrogens is 3. The number of para-hydroxylation sites is 3. The van der Waals surface area contributed by atoms with Gasteiger partial charge in [0, 0.05) is 128 Å². The highest BCUT2D eigenvalue weighted by Crippen LogP contribution is 2.40. The molecule has 30 heteroatoms. The molecule has 0 aliphatic carbocycles. The molecule has 3 unspecified atom stereocenters. The number of aliphatic carboxylic acids is 3. The van der Waals surface area contributed by atoms with Crippen LogP contribution in [0.5, 0.6) is 0 Å². The Hall–Kier alpha value is -10.6. The third kappa shape index (κ3) is 17.1. The third-order valence-corrected chi connectivity index (χ3v) is 18.4. The molecule has 0 saturated heterocycles. The number of hydrogen-bond acceptors (Lipinski definition) is 17. The van der Waals surface area contributed by atoms with Crippen molar-refractivity contribution in [2.24, 2.45) is 5.73 Å². The molecule has 93 heavy (non-hydrogen) atoms. The summed E-state index contributed by atoms with van der Waals surface area (Å²) in [5.74, 6) is -7.72. The smallest absolute Gasteiger partial charge is 0.326 e. The zero-order chi connectivity index (χ0) is 66.5. The van der Waals surface area contributed by atoms with Gasteiger partial charge in [-0.2, -0.15) is 0 Å². The van der Waals surface area contributed by atoms with Crippen LogP contribution < -0.4 is 27.0 Å². The molecule has 0 radical (unpaired) electrons. The number of non-ortho nitro benzene ring substituents is 3. The van der Waals surface area contributed by atoms with Crippen LogP contribution in [0.2, 0.25) is 0 Å². The maximum absolute atomic E-state index is 14.3. The highest BCUT2D eigenvalue weighted by atomic mass is 32.2. The van der Waals surface area contributed by atoms with Crippen molar-refractivity contribution in [3.63, 3.8) is 0 Å².